The lowest BCUT2D eigenvalue weighted by Crippen LogP contribution is -2.13. The molecule has 0 unspecified atom stereocenters. The predicted molar refractivity (Wildman–Crippen MR) is 95.4 cm³/mol. The molecule has 1 amide bonds. The van der Waals surface area contributed by atoms with Gasteiger partial charge in [-0.1, -0.05) is 40.2 Å². The van der Waals surface area contributed by atoms with Crippen molar-refractivity contribution in [3.8, 4) is 0 Å². The highest BCUT2D eigenvalue weighted by Gasteiger charge is 2.11. The molecule has 0 radical (unpaired) electrons. The first kappa shape index (κ1) is 16.2. The van der Waals surface area contributed by atoms with Crippen molar-refractivity contribution in [3.63, 3.8) is 0 Å². The lowest BCUT2D eigenvalue weighted by molar-refractivity contribution is 0.102. The molecule has 21 heavy (non-hydrogen) atoms. The van der Waals surface area contributed by atoms with Gasteiger partial charge < -0.3 is 5.32 Å². The van der Waals surface area contributed by atoms with Crippen LogP contribution in [0.2, 0.25) is 0 Å². The Morgan fingerprint density at radius 3 is 2.71 bits per heavy atom. The molecule has 0 heterocycles. The number of amides is 1. The summed E-state index contributed by atoms with van der Waals surface area (Å²) in [5.41, 5.74) is 3.77. The molecule has 2 nitrogen and oxygen atoms in total. The molecule has 0 aliphatic rings. The molecule has 2 aromatic carbocycles. The molecule has 0 saturated heterocycles. The zero-order valence-electron chi connectivity index (χ0n) is 11.8. The minimum absolute atomic E-state index is 0.0942. The number of anilines is 1. The Morgan fingerprint density at radius 1 is 1.19 bits per heavy atom. The molecule has 110 valence electrons. The average Bonchev–Trinajstić information content (AvgIpc) is 2.48. The summed E-state index contributed by atoms with van der Waals surface area (Å²) in [6, 6.07) is 13.7. The fourth-order valence-corrected chi connectivity index (χ4v) is 2.82. The quantitative estimate of drug-likeness (QED) is 0.662. The molecule has 2 aromatic rings. The van der Waals surface area contributed by atoms with Gasteiger partial charge in [-0.25, -0.2) is 0 Å². The van der Waals surface area contributed by atoms with Gasteiger partial charge in [-0.05, 0) is 65.0 Å². The summed E-state index contributed by atoms with van der Waals surface area (Å²) in [6.45, 7) is 1.97. The van der Waals surface area contributed by atoms with Crippen molar-refractivity contribution < 1.29 is 4.79 Å². The second-order valence-corrected chi connectivity index (χ2v) is 6.47. The maximum Gasteiger partial charge on any atom is 0.256 e. The lowest BCUT2D eigenvalue weighted by Gasteiger charge is -2.09. The smallest absolute Gasteiger partial charge is 0.256 e. The van der Waals surface area contributed by atoms with E-state index in [1.54, 1.807) is 0 Å². The number of nitrogens with one attached hydrogen (secondary N) is 1. The number of rotatable bonds is 5. The largest absolute Gasteiger partial charge is 0.322 e. The third-order valence-electron chi connectivity index (χ3n) is 3.22. The van der Waals surface area contributed by atoms with Gasteiger partial charge in [0, 0.05) is 15.5 Å². The van der Waals surface area contributed by atoms with Crippen LogP contribution < -0.4 is 5.32 Å². The van der Waals surface area contributed by atoms with Gasteiger partial charge in [0.25, 0.3) is 5.91 Å². The van der Waals surface area contributed by atoms with Crippen molar-refractivity contribution in [3.05, 3.63) is 63.6 Å². The van der Waals surface area contributed by atoms with E-state index in [0.29, 0.717) is 5.56 Å². The van der Waals surface area contributed by atoms with Gasteiger partial charge in [-0.3, -0.25) is 4.79 Å². The summed E-state index contributed by atoms with van der Waals surface area (Å²) in [6.07, 6.45) is 2.09. The number of carbonyl (C=O) groups is 1. The van der Waals surface area contributed by atoms with Gasteiger partial charge in [0.1, 0.15) is 0 Å². The van der Waals surface area contributed by atoms with Gasteiger partial charge in [0.15, 0.2) is 0 Å². The summed E-state index contributed by atoms with van der Waals surface area (Å²) in [4.78, 5) is 12.4. The summed E-state index contributed by atoms with van der Waals surface area (Å²) < 4.78 is 0.845. The number of carbonyl (C=O) groups excluding carboxylic acids is 1. The topological polar surface area (TPSA) is 29.1 Å². The highest BCUT2D eigenvalue weighted by Crippen LogP contribution is 2.22. The van der Waals surface area contributed by atoms with Crippen molar-refractivity contribution in [1.82, 2.24) is 0 Å². The monoisotopic (exact) mass is 409 g/mol. The predicted octanol–water partition coefficient (Wildman–Crippen LogP) is 5.34. The van der Waals surface area contributed by atoms with E-state index in [1.807, 2.05) is 43.3 Å². The molecule has 0 bridgehead atoms. The molecule has 0 atom stereocenters. The van der Waals surface area contributed by atoms with Crippen LogP contribution in [0.15, 0.2) is 46.9 Å². The zero-order chi connectivity index (χ0) is 15.2. The third kappa shape index (κ3) is 4.42. The Bertz CT molecular complexity index is 640. The van der Waals surface area contributed by atoms with Crippen LogP contribution in [0.4, 0.5) is 5.69 Å². The van der Waals surface area contributed by atoms with E-state index in [1.165, 1.54) is 5.56 Å². The number of alkyl halides is 1. The third-order valence-corrected chi connectivity index (χ3v) is 4.83. The summed E-state index contributed by atoms with van der Waals surface area (Å²) in [5.74, 6) is -0.0942. The number of benzene rings is 2. The first-order chi connectivity index (χ1) is 10.1. The fraction of sp³-hybridized carbons (Fsp3) is 0.235. The van der Waals surface area contributed by atoms with Gasteiger partial charge in [0.2, 0.25) is 0 Å². The summed E-state index contributed by atoms with van der Waals surface area (Å²) >= 11 is 6.91. The molecule has 0 saturated carbocycles. The van der Waals surface area contributed by atoms with Crippen molar-refractivity contribution in [2.24, 2.45) is 0 Å². The van der Waals surface area contributed by atoms with Crippen molar-refractivity contribution in [2.45, 2.75) is 19.8 Å². The molecule has 0 aliphatic carbocycles. The molecule has 4 heteroatoms. The average molecular weight is 411 g/mol. The molecule has 0 aliphatic heterocycles. The molecule has 0 spiro atoms. The number of aryl methyl sites for hydroxylation is 2. The Kier molecular flexibility index (Phi) is 6.00. The van der Waals surface area contributed by atoms with Gasteiger partial charge in [-0.2, -0.15) is 0 Å². The molecule has 2 rings (SSSR count). The minimum Gasteiger partial charge on any atom is -0.322 e. The lowest BCUT2D eigenvalue weighted by atomic mass is 10.1. The first-order valence-corrected chi connectivity index (χ1v) is 8.74. The van der Waals surface area contributed by atoms with Gasteiger partial charge in [-0.15, -0.1) is 0 Å². The molecule has 0 fully saturated rings. The Hall–Kier alpha value is -1.13. The number of halogens is 2. The highest BCUT2D eigenvalue weighted by molar-refractivity contribution is 9.10. The van der Waals surface area contributed by atoms with Crippen LogP contribution in [0, 0.1) is 6.92 Å². The van der Waals surface area contributed by atoms with Crippen LogP contribution in [-0.2, 0) is 6.42 Å². The SMILES string of the molecule is Cc1cccc(C(=O)Nc2cccc(CCCBr)c2)c1Br. The van der Waals surface area contributed by atoms with Crippen molar-refractivity contribution in [2.75, 3.05) is 10.6 Å². The van der Waals surface area contributed by atoms with Crippen LogP contribution in [-0.4, -0.2) is 11.2 Å². The second kappa shape index (κ2) is 7.76. The normalized spacial score (nSPS) is 10.4. The van der Waals surface area contributed by atoms with Crippen LogP contribution in [0.5, 0.6) is 0 Å². The standard InChI is InChI=1S/C17H17Br2NO/c1-12-5-2-9-15(16(12)19)17(21)20-14-8-3-6-13(11-14)7-4-10-18/h2-3,5-6,8-9,11H,4,7,10H2,1H3,(H,20,21). The van der Waals surface area contributed by atoms with Crippen molar-refractivity contribution in [1.29, 1.82) is 0 Å². The zero-order valence-corrected chi connectivity index (χ0v) is 15.0. The van der Waals surface area contributed by atoms with E-state index in [0.717, 1.165) is 33.9 Å². The van der Waals surface area contributed by atoms with Crippen LogP contribution >= 0.6 is 31.9 Å². The van der Waals surface area contributed by atoms with Gasteiger partial charge >= 0.3 is 0 Å². The van der Waals surface area contributed by atoms with Crippen LogP contribution in [0.3, 0.4) is 0 Å². The maximum absolute atomic E-state index is 12.4. The Labute approximate surface area is 142 Å². The van der Waals surface area contributed by atoms with E-state index in [9.17, 15) is 4.79 Å². The van der Waals surface area contributed by atoms with Crippen LogP contribution in [0.1, 0.15) is 27.9 Å². The van der Waals surface area contributed by atoms with Crippen LogP contribution in [0.25, 0.3) is 0 Å². The van der Waals surface area contributed by atoms with Gasteiger partial charge in [0.05, 0.1) is 5.56 Å². The molecular formula is C17H17Br2NO. The van der Waals surface area contributed by atoms with E-state index in [2.05, 4.69) is 43.2 Å². The Morgan fingerprint density at radius 2 is 1.95 bits per heavy atom. The van der Waals surface area contributed by atoms with E-state index in [4.69, 9.17) is 0 Å². The minimum atomic E-state index is -0.0942. The molecule has 1 N–H and O–H groups in total. The molecular weight excluding hydrogens is 394 g/mol. The fourth-order valence-electron chi connectivity index (χ4n) is 2.10. The first-order valence-electron chi connectivity index (χ1n) is 6.83. The van der Waals surface area contributed by atoms with Crippen molar-refractivity contribution >= 4 is 43.5 Å². The van der Waals surface area contributed by atoms with E-state index in [-0.39, 0.29) is 5.91 Å². The second-order valence-electron chi connectivity index (χ2n) is 4.88. The molecule has 0 aromatic heterocycles. The highest BCUT2D eigenvalue weighted by atomic mass is 79.9. The van der Waals surface area contributed by atoms with E-state index >= 15 is 0 Å². The maximum atomic E-state index is 12.4. The number of hydrogen-bond acceptors (Lipinski definition) is 1. The summed E-state index contributed by atoms with van der Waals surface area (Å²) in [5, 5.41) is 3.95. The van der Waals surface area contributed by atoms with E-state index < -0.39 is 0 Å². The Balaban J connectivity index is 2.14. The summed E-state index contributed by atoms with van der Waals surface area (Å²) in [7, 11) is 0. The number of hydrogen-bond donors (Lipinski definition) is 1.